The molecule has 0 fully saturated rings. The van der Waals surface area contributed by atoms with E-state index in [2.05, 4.69) is 4.99 Å². The molecule has 0 aromatic heterocycles. The molecule has 1 heterocycles. The number of carbonyl (C=O) groups excluding carboxylic acids is 2. The lowest BCUT2D eigenvalue weighted by molar-refractivity contribution is -0.456. The molecule has 27 heavy (non-hydrogen) atoms. The molecule has 0 bridgehead atoms. The molecule has 0 aliphatic carbocycles. The number of anilines is 1. The van der Waals surface area contributed by atoms with E-state index in [0.29, 0.717) is 5.56 Å². The van der Waals surface area contributed by atoms with Gasteiger partial charge in [-0.2, -0.15) is 13.2 Å². The highest BCUT2D eigenvalue weighted by Gasteiger charge is 2.41. The second-order valence-electron chi connectivity index (χ2n) is 5.94. The third-order valence-electron chi connectivity index (χ3n) is 4.19. The summed E-state index contributed by atoms with van der Waals surface area (Å²) in [6.07, 6.45) is -3.16. The van der Waals surface area contributed by atoms with Crippen LogP contribution in [-0.2, 0) is 11.0 Å². The molecule has 5 nitrogen and oxygen atoms in total. The molecule has 1 aliphatic rings. The first kappa shape index (κ1) is 18.8. The molecular formula is C19H16F3N2O3+. The highest BCUT2D eigenvalue weighted by Crippen LogP contribution is 2.35. The zero-order valence-corrected chi connectivity index (χ0v) is 14.0. The number of rotatable bonds is 4. The smallest absolute Gasteiger partial charge is 0.390 e. The molecule has 2 aromatic carbocycles. The highest BCUT2D eigenvalue weighted by atomic mass is 19.4. The number of amides is 2. The van der Waals surface area contributed by atoms with Crippen LogP contribution in [0.2, 0.25) is 0 Å². The van der Waals surface area contributed by atoms with Crippen molar-refractivity contribution in [3.05, 3.63) is 65.2 Å². The molecule has 0 radical (unpaired) electrons. The van der Waals surface area contributed by atoms with E-state index in [-0.39, 0.29) is 24.4 Å². The lowest BCUT2D eigenvalue weighted by Crippen LogP contribution is -2.71. The summed E-state index contributed by atoms with van der Waals surface area (Å²) in [4.78, 5) is 29.3. The fourth-order valence-electron chi connectivity index (χ4n) is 2.95. The molecule has 2 aromatic rings. The zero-order chi connectivity index (χ0) is 19.6. The molecule has 1 aliphatic heterocycles. The van der Waals surface area contributed by atoms with Gasteiger partial charge in [-0.3, -0.25) is 9.59 Å². The van der Waals surface area contributed by atoms with E-state index in [1.807, 2.05) is 0 Å². The van der Waals surface area contributed by atoms with Gasteiger partial charge in [0.25, 0.3) is 11.8 Å². The van der Waals surface area contributed by atoms with Gasteiger partial charge in [0.15, 0.2) is 12.8 Å². The maximum absolute atomic E-state index is 13.0. The number of hydrogen-bond donors (Lipinski definition) is 2. The minimum absolute atomic E-state index is 0.144. The predicted octanol–water partition coefficient (Wildman–Crippen LogP) is 1.12. The number of aliphatic hydroxyl groups excluding tert-OH is 1. The summed E-state index contributed by atoms with van der Waals surface area (Å²) >= 11 is 0. The monoisotopic (exact) mass is 377 g/mol. The van der Waals surface area contributed by atoms with Crippen molar-refractivity contribution in [2.24, 2.45) is 0 Å². The van der Waals surface area contributed by atoms with Gasteiger partial charge in [0.05, 0.1) is 11.3 Å². The number of halogens is 3. The van der Waals surface area contributed by atoms with Crippen molar-refractivity contribution in [2.45, 2.75) is 12.1 Å². The van der Waals surface area contributed by atoms with E-state index < -0.39 is 29.5 Å². The molecule has 0 unspecified atom stereocenters. The summed E-state index contributed by atoms with van der Waals surface area (Å²) in [6, 6.07) is 10.5. The summed E-state index contributed by atoms with van der Waals surface area (Å²) in [7, 11) is 0. The van der Waals surface area contributed by atoms with Crippen molar-refractivity contribution >= 4 is 23.7 Å². The molecule has 0 saturated carbocycles. The standard InChI is InChI=1S/C19H15F3N2O3/c20-19(21,22)12-4-3-5-13(10-12)24-17(26)15-7-2-1-6-14(15)16(18(24)27)11-23-8-9-25/h1-7,10-11,16,25H,8-9H2/p+1/t16-/m1/s1. The van der Waals surface area contributed by atoms with E-state index in [1.54, 1.807) is 18.2 Å². The number of fused-ring (bicyclic) bond motifs is 1. The van der Waals surface area contributed by atoms with Gasteiger partial charge in [-0.05, 0) is 29.8 Å². The second kappa shape index (κ2) is 7.32. The third-order valence-corrected chi connectivity index (χ3v) is 4.19. The average molecular weight is 377 g/mol. The van der Waals surface area contributed by atoms with Gasteiger partial charge >= 0.3 is 6.18 Å². The summed E-state index contributed by atoms with van der Waals surface area (Å²) in [5, 5.41) is 8.90. The quantitative estimate of drug-likeness (QED) is 0.620. The number of nitrogens with one attached hydrogen (secondary N) is 1. The summed E-state index contributed by atoms with van der Waals surface area (Å²) < 4.78 is 39.1. The van der Waals surface area contributed by atoms with Gasteiger partial charge in [-0.15, -0.1) is 0 Å². The van der Waals surface area contributed by atoms with Crippen LogP contribution in [0.25, 0.3) is 0 Å². The van der Waals surface area contributed by atoms with Crippen molar-refractivity contribution < 1.29 is 32.9 Å². The highest BCUT2D eigenvalue weighted by molar-refractivity contribution is 6.29. The van der Waals surface area contributed by atoms with Crippen LogP contribution in [0.4, 0.5) is 18.9 Å². The van der Waals surface area contributed by atoms with Crippen LogP contribution in [0.3, 0.4) is 0 Å². The fourth-order valence-corrected chi connectivity index (χ4v) is 2.95. The largest absolute Gasteiger partial charge is 0.416 e. The van der Waals surface area contributed by atoms with Gasteiger partial charge < -0.3 is 5.11 Å². The first-order valence-corrected chi connectivity index (χ1v) is 8.16. The number of nitrogens with zero attached hydrogens (tertiary/aromatic N) is 1. The Morgan fingerprint density at radius 2 is 1.85 bits per heavy atom. The molecule has 2 N–H and O–H groups in total. The zero-order valence-electron chi connectivity index (χ0n) is 14.0. The lowest BCUT2D eigenvalue weighted by Gasteiger charge is -2.30. The van der Waals surface area contributed by atoms with Gasteiger partial charge in [-0.25, -0.2) is 9.89 Å². The second-order valence-corrected chi connectivity index (χ2v) is 5.94. The molecule has 140 valence electrons. The van der Waals surface area contributed by atoms with Crippen LogP contribution in [0.15, 0.2) is 48.5 Å². The molecular weight excluding hydrogens is 361 g/mol. The van der Waals surface area contributed by atoms with Gasteiger partial charge in [0.2, 0.25) is 0 Å². The summed E-state index contributed by atoms with van der Waals surface area (Å²) in [6.45, 7) is 0.0405. The van der Waals surface area contributed by atoms with Crippen LogP contribution >= 0.6 is 0 Å². The summed E-state index contributed by atoms with van der Waals surface area (Å²) in [5.74, 6) is -2.22. The van der Waals surface area contributed by atoms with Crippen molar-refractivity contribution in [1.82, 2.24) is 0 Å². The molecule has 0 saturated heterocycles. The first-order valence-electron chi connectivity index (χ1n) is 8.16. The maximum atomic E-state index is 13.0. The summed E-state index contributed by atoms with van der Waals surface area (Å²) in [5.41, 5.74) is -0.393. The predicted molar refractivity (Wildman–Crippen MR) is 91.4 cm³/mol. The van der Waals surface area contributed by atoms with Crippen LogP contribution in [0, 0.1) is 0 Å². The molecule has 1 atom stereocenters. The lowest BCUT2D eigenvalue weighted by atomic mass is 9.88. The minimum atomic E-state index is -4.59. The van der Waals surface area contributed by atoms with E-state index in [0.717, 1.165) is 23.1 Å². The Labute approximate surface area is 152 Å². The molecule has 8 heteroatoms. The van der Waals surface area contributed by atoms with Crippen molar-refractivity contribution in [2.75, 3.05) is 18.1 Å². The average Bonchev–Trinajstić information content (AvgIpc) is 2.64. The van der Waals surface area contributed by atoms with Crippen molar-refractivity contribution in [3.63, 3.8) is 0 Å². The minimum Gasteiger partial charge on any atom is -0.390 e. The van der Waals surface area contributed by atoms with Crippen LogP contribution in [-0.4, -0.2) is 36.3 Å². The van der Waals surface area contributed by atoms with Crippen LogP contribution in [0.1, 0.15) is 27.4 Å². The van der Waals surface area contributed by atoms with E-state index in [1.165, 1.54) is 18.3 Å². The Bertz CT molecular complexity index is 909. The molecule has 2 amide bonds. The topological polar surface area (TPSA) is 71.6 Å². The number of alkyl halides is 3. The SMILES string of the molecule is O=C1c2ccccc2[C@@H](C=[NH+]CCO)C(=O)N1c1cccc(C(F)(F)F)c1. The van der Waals surface area contributed by atoms with E-state index in [9.17, 15) is 22.8 Å². The maximum Gasteiger partial charge on any atom is 0.416 e. The van der Waals surface area contributed by atoms with Gasteiger partial charge in [0.1, 0.15) is 12.5 Å². The fraction of sp³-hybridized carbons (Fsp3) is 0.211. The van der Waals surface area contributed by atoms with Crippen LogP contribution < -0.4 is 9.89 Å². The number of aliphatic hydroxyl groups is 1. The number of benzene rings is 2. The first-order chi connectivity index (χ1) is 12.8. The Morgan fingerprint density at radius 3 is 2.56 bits per heavy atom. The third kappa shape index (κ3) is 3.61. The normalized spacial score (nSPS) is 17.5. The molecule has 3 rings (SSSR count). The Kier molecular flexibility index (Phi) is 5.09. The van der Waals surface area contributed by atoms with Gasteiger partial charge in [-0.1, -0.05) is 24.3 Å². The van der Waals surface area contributed by atoms with Crippen molar-refractivity contribution in [3.8, 4) is 0 Å². The molecule has 0 spiro atoms. The Hall–Kier alpha value is -3.00. The Balaban J connectivity index is 2.09. The number of carbonyl (C=O) groups is 2. The van der Waals surface area contributed by atoms with Crippen molar-refractivity contribution in [1.29, 1.82) is 0 Å². The number of imide groups is 1. The van der Waals surface area contributed by atoms with Gasteiger partial charge in [0, 0.05) is 5.56 Å². The Morgan fingerprint density at radius 1 is 1.11 bits per heavy atom. The van der Waals surface area contributed by atoms with E-state index >= 15 is 0 Å². The van der Waals surface area contributed by atoms with Crippen LogP contribution in [0.5, 0.6) is 0 Å². The number of hydrogen-bond acceptors (Lipinski definition) is 3. The van der Waals surface area contributed by atoms with E-state index in [4.69, 9.17) is 5.11 Å².